The monoisotopic (exact) mass is 494 g/mol. The first-order valence-corrected chi connectivity index (χ1v) is 11.6. The number of nitrogens with one attached hydrogen (secondary N) is 1. The van der Waals surface area contributed by atoms with Crippen molar-refractivity contribution in [3.05, 3.63) is 77.6 Å². The van der Waals surface area contributed by atoms with Crippen LogP contribution in [0, 0.1) is 6.92 Å². The van der Waals surface area contributed by atoms with E-state index in [1.54, 1.807) is 11.6 Å². The van der Waals surface area contributed by atoms with Crippen molar-refractivity contribution in [2.75, 3.05) is 43.4 Å². The molecule has 0 aliphatic carbocycles. The normalized spacial score (nSPS) is 14.9. The summed E-state index contributed by atoms with van der Waals surface area (Å²) in [5.74, 6) is 0.0108. The van der Waals surface area contributed by atoms with E-state index in [2.05, 4.69) is 20.3 Å². The first-order valence-electron chi connectivity index (χ1n) is 11.6. The van der Waals surface area contributed by atoms with Gasteiger partial charge in [-0.15, -0.1) is 0 Å². The molecule has 10 heteroatoms. The van der Waals surface area contributed by atoms with Gasteiger partial charge in [-0.1, -0.05) is 18.2 Å². The highest BCUT2D eigenvalue weighted by Crippen LogP contribution is 2.36. The van der Waals surface area contributed by atoms with Gasteiger partial charge in [0.05, 0.1) is 39.9 Å². The maximum atomic E-state index is 13.5. The van der Waals surface area contributed by atoms with Gasteiger partial charge in [0.25, 0.3) is 5.91 Å². The molecule has 2 aromatic carbocycles. The number of likely N-dealkylation sites (N-methyl/N-ethyl adjacent to an activating group) is 1. The van der Waals surface area contributed by atoms with Crippen molar-refractivity contribution in [1.82, 2.24) is 19.7 Å². The van der Waals surface area contributed by atoms with Crippen LogP contribution in [0.1, 0.15) is 21.6 Å². The predicted octanol–water partition coefficient (Wildman–Crippen LogP) is 4.75. The molecular formula is C26H25F3N6O. The van der Waals surface area contributed by atoms with Gasteiger partial charge in [-0.3, -0.25) is 4.79 Å². The number of aromatic nitrogens is 3. The molecule has 1 N–H and O–H groups in total. The third-order valence-corrected chi connectivity index (χ3v) is 6.47. The fourth-order valence-corrected chi connectivity index (χ4v) is 4.36. The van der Waals surface area contributed by atoms with Gasteiger partial charge in [-0.25, -0.2) is 9.67 Å². The number of alkyl halides is 3. The zero-order chi connectivity index (χ0) is 25.4. The van der Waals surface area contributed by atoms with E-state index >= 15 is 0 Å². The number of amides is 1. The zero-order valence-electron chi connectivity index (χ0n) is 19.9. The average molecular weight is 495 g/mol. The number of hydrogen-bond acceptors (Lipinski definition) is 5. The molecule has 0 unspecified atom stereocenters. The SMILES string of the molecule is Cc1c(C(=O)Nc2cc(C(F)(F)F)ccc2N2CCN(C)CC2)cnn1-c1ccc2ccccc2n1. The predicted molar refractivity (Wildman–Crippen MR) is 133 cm³/mol. The van der Waals surface area contributed by atoms with E-state index in [0.717, 1.165) is 36.1 Å². The summed E-state index contributed by atoms with van der Waals surface area (Å²) in [4.78, 5) is 22.0. The van der Waals surface area contributed by atoms with E-state index in [1.807, 2.05) is 48.3 Å². The molecule has 1 amide bonds. The second-order valence-electron chi connectivity index (χ2n) is 8.89. The first-order chi connectivity index (χ1) is 17.2. The number of para-hydroxylation sites is 1. The van der Waals surface area contributed by atoms with Gasteiger partial charge >= 0.3 is 6.18 Å². The number of hydrogen-bond donors (Lipinski definition) is 1. The number of carbonyl (C=O) groups excluding carboxylic acids is 1. The molecule has 1 saturated heterocycles. The number of pyridine rings is 1. The highest BCUT2D eigenvalue weighted by atomic mass is 19.4. The third kappa shape index (κ3) is 4.64. The molecule has 0 atom stereocenters. The third-order valence-electron chi connectivity index (χ3n) is 6.47. The van der Waals surface area contributed by atoms with Crippen molar-refractivity contribution in [3.63, 3.8) is 0 Å². The maximum absolute atomic E-state index is 13.5. The molecule has 1 fully saturated rings. The molecule has 36 heavy (non-hydrogen) atoms. The van der Waals surface area contributed by atoms with Gasteiger partial charge in [-0.05, 0) is 50.4 Å². The van der Waals surface area contributed by atoms with Crippen molar-refractivity contribution in [2.24, 2.45) is 0 Å². The Hall–Kier alpha value is -3.92. The van der Waals surface area contributed by atoms with E-state index in [0.29, 0.717) is 30.3 Å². The highest BCUT2D eigenvalue weighted by molar-refractivity contribution is 6.06. The number of rotatable bonds is 4. The van der Waals surface area contributed by atoms with Crippen LogP contribution in [-0.2, 0) is 6.18 Å². The van der Waals surface area contributed by atoms with Crippen LogP contribution in [0.2, 0.25) is 0 Å². The zero-order valence-corrected chi connectivity index (χ0v) is 19.9. The molecular weight excluding hydrogens is 469 g/mol. The molecule has 1 aliphatic rings. The lowest BCUT2D eigenvalue weighted by atomic mass is 10.1. The van der Waals surface area contributed by atoms with Gasteiger partial charge < -0.3 is 15.1 Å². The molecule has 2 aromatic heterocycles. The Balaban J connectivity index is 1.46. The second kappa shape index (κ2) is 9.27. The lowest BCUT2D eigenvalue weighted by Crippen LogP contribution is -2.44. The number of nitrogens with zero attached hydrogens (tertiary/aromatic N) is 5. The van der Waals surface area contributed by atoms with Crippen molar-refractivity contribution in [3.8, 4) is 5.82 Å². The van der Waals surface area contributed by atoms with Crippen molar-refractivity contribution >= 4 is 28.2 Å². The summed E-state index contributed by atoms with van der Waals surface area (Å²) in [6.07, 6.45) is -3.12. The minimum atomic E-state index is -4.53. The Morgan fingerprint density at radius 2 is 1.75 bits per heavy atom. The lowest BCUT2D eigenvalue weighted by Gasteiger charge is -2.35. The summed E-state index contributed by atoms with van der Waals surface area (Å²) >= 11 is 0. The molecule has 0 saturated carbocycles. The quantitative estimate of drug-likeness (QED) is 0.444. The number of anilines is 2. The summed E-state index contributed by atoms with van der Waals surface area (Å²) in [7, 11) is 2.00. The minimum Gasteiger partial charge on any atom is -0.367 e. The maximum Gasteiger partial charge on any atom is 0.416 e. The Morgan fingerprint density at radius 3 is 2.50 bits per heavy atom. The van der Waals surface area contributed by atoms with Crippen molar-refractivity contribution in [2.45, 2.75) is 13.1 Å². The first kappa shape index (κ1) is 23.8. The molecule has 3 heterocycles. The Kier molecular flexibility index (Phi) is 6.13. The smallest absolute Gasteiger partial charge is 0.367 e. The summed E-state index contributed by atoms with van der Waals surface area (Å²) in [5.41, 5.74) is 1.44. The van der Waals surface area contributed by atoms with Gasteiger partial charge in [0.1, 0.15) is 0 Å². The summed E-state index contributed by atoms with van der Waals surface area (Å²) in [6, 6.07) is 14.9. The van der Waals surface area contributed by atoms with E-state index in [1.165, 1.54) is 12.3 Å². The number of benzene rings is 2. The second-order valence-corrected chi connectivity index (χ2v) is 8.89. The van der Waals surface area contributed by atoms with E-state index < -0.39 is 17.6 Å². The Labute approximate surface area is 206 Å². The number of carbonyl (C=O) groups is 1. The molecule has 0 bridgehead atoms. The van der Waals surface area contributed by atoms with Gasteiger partial charge in [0.2, 0.25) is 0 Å². The fraction of sp³-hybridized carbons (Fsp3) is 0.269. The summed E-state index contributed by atoms with van der Waals surface area (Å²) in [6.45, 7) is 4.58. The van der Waals surface area contributed by atoms with Crippen LogP contribution in [0.4, 0.5) is 24.5 Å². The summed E-state index contributed by atoms with van der Waals surface area (Å²) < 4.78 is 41.9. The van der Waals surface area contributed by atoms with Gasteiger partial charge in [-0.2, -0.15) is 18.3 Å². The number of fused-ring (bicyclic) bond motifs is 1. The standard InChI is InChI=1S/C26H25F3N6O/c1-17-20(16-30-35(17)24-10-7-18-5-3-4-6-21(18)31-24)25(36)32-22-15-19(26(27,28)29)8-9-23(22)34-13-11-33(2)12-14-34/h3-10,15-16H,11-14H2,1-2H3,(H,32,36). The van der Waals surface area contributed by atoms with Crippen molar-refractivity contribution in [1.29, 1.82) is 0 Å². The van der Waals surface area contributed by atoms with Crippen LogP contribution in [0.5, 0.6) is 0 Å². The Morgan fingerprint density at radius 1 is 1.00 bits per heavy atom. The lowest BCUT2D eigenvalue weighted by molar-refractivity contribution is -0.137. The molecule has 0 spiro atoms. The molecule has 1 aliphatic heterocycles. The van der Waals surface area contributed by atoms with Crippen molar-refractivity contribution < 1.29 is 18.0 Å². The van der Waals surface area contributed by atoms with E-state index in [9.17, 15) is 18.0 Å². The van der Waals surface area contributed by atoms with Crippen LogP contribution in [0.25, 0.3) is 16.7 Å². The van der Waals surface area contributed by atoms with Crippen LogP contribution in [0.3, 0.4) is 0 Å². The van der Waals surface area contributed by atoms with Crippen LogP contribution in [0.15, 0.2) is 60.8 Å². The topological polar surface area (TPSA) is 66.3 Å². The van der Waals surface area contributed by atoms with Crippen LogP contribution in [-0.4, -0.2) is 58.8 Å². The Bertz CT molecular complexity index is 1420. The molecule has 0 radical (unpaired) electrons. The molecule has 7 nitrogen and oxygen atoms in total. The molecule has 4 aromatic rings. The minimum absolute atomic E-state index is 0.121. The van der Waals surface area contributed by atoms with Crippen LogP contribution < -0.4 is 10.2 Å². The largest absolute Gasteiger partial charge is 0.416 e. The number of halogens is 3. The van der Waals surface area contributed by atoms with Crippen LogP contribution >= 0.6 is 0 Å². The highest BCUT2D eigenvalue weighted by Gasteiger charge is 2.32. The average Bonchev–Trinajstić information content (AvgIpc) is 3.25. The van der Waals surface area contributed by atoms with E-state index in [4.69, 9.17) is 0 Å². The molecule has 186 valence electrons. The summed E-state index contributed by atoms with van der Waals surface area (Å²) in [5, 5.41) is 8.02. The fourth-order valence-electron chi connectivity index (χ4n) is 4.36. The number of piperazine rings is 1. The van der Waals surface area contributed by atoms with Gasteiger partial charge in [0, 0.05) is 31.6 Å². The molecule has 5 rings (SSSR count). The van der Waals surface area contributed by atoms with Gasteiger partial charge in [0.15, 0.2) is 5.82 Å². The van der Waals surface area contributed by atoms with E-state index in [-0.39, 0.29) is 11.3 Å².